The lowest BCUT2D eigenvalue weighted by atomic mass is 10.00. The van der Waals surface area contributed by atoms with Gasteiger partial charge in [-0.25, -0.2) is 0 Å². The maximum atomic E-state index is 6.11. The number of hydrogen-bond donors (Lipinski definition) is 1. The van der Waals surface area contributed by atoms with Crippen LogP contribution in [0.15, 0.2) is 24.3 Å². The summed E-state index contributed by atoms with van der Waals surface area (Å²) in [5, 5.41) is 0. The molecule has 2 N–H and O–H groups in total. The number of aryl methyl sites for hydroxylation is 1. The van der Waals surface area contributed by atoms with E-state index in [1.807, 2.05) is 0 Å². The van der Waals surface area contributed by atoms with Crippen molar-refractivity contribution >= 4 is 0 Å². The van der Waals surface area contributed by atoms with Gasteiger partial charge in [0, 0.05) is 12.1 Å². The van der Waals surface area contributed by atoms with E-state index in [9.17, 15) is 0 Å². The summed E-state index contributed by atoms with van der Waals surface area (Å²) in [4.78, 5) is 2.38. The van der Waals surface area contributed by atoms with E-state index in [4.69, 9.17) is 5.73 Å². The maximum absolute atomic E-state index is 6.11. The summed E-state index contributed by atoms with van der Waals surface area (Å²) < 4.78 is 0. The lowest BCUT2D eigenvalue weighted by Crippen LogP contribution is -2.39. The van der Waals surface area contributed by atoms with E-state index in [1.165, 1.54) is 11.1 Å². The summed E-state index contributed by atoms with van der Waals surface area (Å²) in [7, 11) is 2.17. The van der Waals surface area contributed by atoms with Crippen LogP contribution < -0.4 is 5.73 Å². The van der Waals surface area contributed by atoms with Crippen molar-refractivity contribution in [1.82, 2.24) is 4.90 Å². The summed E-state index contributed by atoms with van der Waals surface area (Å²) in [6.45, 7) is 3.28. The predicted octanol–water partition coefficient (Wildman–Crippen LogP) is 1.57. The van der Waals surface area contributed by atoms with Crippen LogP contribution in [0.3, 0.4) is 0 Å². The third kappa shape index (κ3) is 2.39. The minimum absolute atomic E-state index is 0.343. The van der Waals surface area contributed by atoms with Crippen molar-refractivity contribution in [3.63, 3.8) is 0 Å². The molecule has 2 unspecified atom stereocenters. The Bertz CT molecular complexity index is 325. The standard InChI is InChI=1S/C13H20N2/c1-10-4-3-5-11(8-10)9-13-12(14)6-7-15(13)2/h3-5,8,12-13H,6-7,9,14H2,1-2H3. The Morgan fingerprint density at radius 2 is 2.27 bits per heavy atom. The van der Waals surface area contributed by atoms with Crippen molar-refractivity contribution in [1.29, 1.82) is 0 Å². The quantitative estimate of drug-likeness (QED) is 0.792. The molecule has 1 fully saturated rings. The first kappa shape index (κ1) is 10.7. The van der Waals surface area contributed by atoms with Crippen LogP contribution in [0.25, 0.3) is 0 Å². The number of rotatable bonds is 2. The van der Waals surface area contributed by atoms with Gasteiger partial charge >= 0.3 is 0 Å². The van der Waals surface area contributed by atoms with Crippen LogP contribution in [0.2, 0.25) is 0 Å². The molecule has 2 rings (SSSR count). The van der Waals surface area contributed by atoms with Gasteiger partial charge in [-0.05, 0) is 38.9 Å². The lowest BCUT2D eigenvalue weighted by Gasteiger charge is -2.22. The Hall–Kier alpha value is -0.860. The summed E-state index contributed by atoms with van der Waals surface area (Å²) in [6, 6.07) is 9.60. The molecular weight excluding hydrogens is 184 g/mol. The van der Waals surface area contributed by atoms with E-state index in [-0.39, 0.29) is 0 Å². The van der Waals surface area contributed by atoms with Crippen molar-refractivity contribution in [2.24, 2.45) is 5.73 Å². The van der Waals surface area contributed by atoms with Crippen molar-refractivity contribution in [2.75, 3.05) is 13.6 Å². The SMILES string of the molecule is Cc1cccc(CC2C(N)CCN2C)c1. The number of likely N-dealkylation sites (tertiary alicyclic amines) is 1. The average molecular weight is 204 g/mol. The van der Waals surface area contributed by atoms with Crippen LogP contribution in [0.4, 0.5) is 0 Å². The van der Waals surface area contributed by atoms with Gasteiger partial charge in [-0.1, -0.05) is 29.8 Å². The molecule has 15 heavy (non-hydrogen) atoms. The zero-order chi connectivity index (χ0) is 10.8. The van der Waals surface area contributed by atoms with Crippen molar-refractivity contribution in [2.45, 2.75) is 31.8 Å². The Balaban J connectivity index is 2.08. The number of nitrogens with zero attached hydrogens (tertiary/aromatic N) is 1. The molecule has 0 radical (unpaired) electrons. The second-order valence-electron chi connectivity index (χ2n) is 4.69. The molecule has 1 aliphatic rings. The van der Waals surface area contributed by atoms with Gasteiger partial charge in [-0.3, -0.25) is 0 Å². The molecule has 1 aromatic rings. The van der Waals surface area contributed by atoms with E-state index in [0.29, 0.717) is 12.1 Å². The number of benzene rings is 1. The summed E-state index contributed by atoms with van der Waals surface area (Å²) >= 11 is 0. The van der Waals surface area contributed by atoms with Gasteiger partial charge in [0.25, 0.3) is 0 Å². The van der Waals surface area contributed by atoms with Crippen LogP contribution in [-0.4, -0.2) is 30.6 Å². The second-order valence-corrected chi connectivity index (χ2v) is 4.69. The Kier molecular flexibility index (Phi) is 3.08. The van der Waals surface area contributed by atoms with E-state index < -0.39 is 0 Å². The molecule has 0 aliphatic carbocycles. The number of likely N-dealkylation sites (N-methyl/N-ethyl adjacent to an activating group) is 1. The van der Waals surface area contributed by atoms with Crippen LogP contribution >= 0.6 is 0 Å². The van der Waals surface area contributed by atoms with E-state index in [2.05, 4.69) is 43.1 Å². The molecule has 0 saturated carbocycles. The highest BCUT2D eigenvalue weighted by Gasteiger charge is 2.28. The van der Waals surface area contributed by atoms with Crippen molar-refractivity contribution in [3.8, 4) is 0 Å². The summed E-state index contributed by atoms with van der Waals surface area (Å²) in [5.41, 5.74) is 8.86. The van der Waals surface area contributed by atoms with E-state index >= 15 is 0 Å². The molecule has 1 saturated heterocycles. The Labute approximate surface area is 92.1 Å². The molecular formula is C13H20N2. The molecule has 1 aliphatic heterocycles. The molecule has 0 bridgehead atoms. The zero-order valence-corrected chi connectivity index (χ0v) is 9.61. The lowest BCUT2D eigenvalue weighted by molar-refractivity contribution is 0.296. The molecule has 1 aromatic carbocycles. The largest absolute Gasteiger partial charge is 0.326 e. The van der Waals surface area contributed by atoms with Gasteiger partial charge in [0.15, 0.2) is 0 Å². The van der Waals surface area contributed by atoms with Crippen LogP contribution in [0.5, 0.6) is 0 Å². The smallest absolute Gasteiger partial charge is 0.0284 e. The minimum atomic E-state index is 0.343. The fraction of sp³-hybridized carbons (Fsp3) is 0.538. The van der Waals surface area contributed by atoms with E-state index in [1.54, 1.807) is 0 Å². The topological polar surface area (TPSA) is 29.3 Å². The fourth-order valence-electron chi connectivity index (χ4n) is 2.43. The molecule has 1 heterocycles. The van der Waals surface area contributed by atoms with Gasteiger partial charge < -0.3 is 10.6 Å². The first-order valence-electron chi connectivity index (χ1n) is 5.68. The van der Waals surface area contributed by atoms with Crippen LogP contribution in [0.1, 0.15) is 17.5 Å². The summed E-state index contributed by atoms with van der Waals surface area (Å²) in [6.07, 6.45) is 2.21. The molecule has 2 atom stereocenters. The maximum Gasteiger partial charge on any atom is 0.0284 e. The fourth-order valence-corrected chi connectivity index (χ4v) is 2.43. The Morgan fingerprint density at radius 3 is 2.87 bits per heavy atom. The average Bonchev–Trinajstić information content (AvgIpc) is 2.50. The van der Waals surface area contributed by atoms with Gasteiger partial charge in [-0.2, -0.15) is 0 Å². The highest BCUT2D eigenvalue weighted by Crippen LogP contribution is 2.19. The molecule has 82 valence electrons. The minimum Gasteiger partial charge on any atom is -0.326 e. The third-order valence-corrected chi connectivity index (χ3v) is 3.40. The third-order valence-electron chi connectivity index (χ3n) is 3.40. The second kappa shape index (κ2) is 4.33. The van der Waals surface area contributed by atoms with Crippen molar-refractivity contribution < 1.29 is 0 Å². The Morgan fingerprint density at radius 1 is 1.47 bits per heavy atom. The van der Waals surface area contributed by atoms with Gasteiger partial charge in [-0.15, -0.1) is 0 Å². The van der Waals surface area contributed by atoms with Gasteiger partial charge in [0.1, 0.15) is 0 Å². The molecule has 2 heteroatoms. The van der Waals surface area contributed by atoms with E-state index in [0.717, 1.165) is 19.4 Å². The normalized spacial score (nSPS) is 27.1. The van der Waals surface area contributed by atoms with Gasteiger partial charge in [0.05, 0.1) is 0 Å². The molecule has 0 amide bonds. The molecule has 0 aromatic heterocycles. The first-order valence-corrected chi connectivity index (χ1v) is 5.68. The van der Waals surface area contributed by atoms with Crippen LogP contribution in [-0.2, 0) is 6.42 Å². The zero-order valence-electron chi connectivity index (χ0n) is 9.61. The predicted molar refractivity (Wildman–Crippen MR) is 63.9 cm³/mol. The first-order chi connectivity index (χ1) is 7.16. The molecule has 2 nitrogen and oxygen atoms in total. The van der Waals surface area contributed by atoms with Gasteiger partial charge in [0.2, 0.25) is 0 Å². The van der Waals surface area contributed by atoms with Crippen molar-refractivity contribution in [3.05, 3.63) is 35.4 Å². The monoisotopic (exact) mass is 204 g/mol. The molecule has 0 spiro atoms. The number of nitrogens with two attached hydrogens (primary N) is 1. The highest BCUT2D eigenvalue weighted by atomic mass is 15.2. The summed E-state index contributed by atoms with van der Waals surface area (Å²) in [5.74, 6) is 0. The number of hydrogen-bond acceptors (Lipinski definition) is 2. The highest BCUT2D eigenvalue weighted by molar-refractivity contribution is 5.23. The van der Waals surface area contributed by atoms with Crippen LogP contribution in [0, 0.1) is 6.92 Å².